The zero-order valence-corrected chi connectivity index (χ0v) is 56.6. The van der Waals surface area contributed by atoms with Gasteiger partial charge in [0.2, 0.25) is 5.91 Å². The SMILES string of the molecule is CCCCC/C=C\C/C=C\C/C=C\C/C=C\CCCCCCCCCCCCCC(=O)NC(COP(=O)(O)OCC[N+](C)(C)C)C(/C=C\CCCCCCCCCCCCC)OC(=O)CCCCCCCCCCCCCCCCCCC. The summed E-state index contributed by atoms with van der Waals surface area (Å²) in [4.78, 5) is 37.9. The van der Waals surface area contributed by atoms with Gasteiger partial charge in [0.25, 0.3) is 0 Å². The number of nitrogens with one attached hydrogen (secondary N) is 1. The topological polar surface area (TPSA) is 111 Å². The number of allylic oxidation sites excluding steroid dienone is 9. The number of nitrogens with zero attached hydrogens (tertiary/aromatic N) is 1. The minimum absolute atomic E-state index is 0.0404. The summed E-state index contributed by atoms with van der Waals surface area (Å²) < 4.78 is 30.8. The van der Waals surface area contributed by atoms with Crippen LogP contribution < -0.4 is 5.32 Å². The summed E-state index contributed by atoms with van der Waals surface area (Å²) >= 11 is 0. The zero-order valence-electron chi connectivity index (χ0n) is 55.7. The fraction of sp³-hybridized carbons (Fsp3) is 0.836. The number of quaternary nitrogens is 1. The highest BCUT2D eigenvalue weighted by Crippen LogP contribution is 2.43. The van der Waals surface area contributed by atoms with Crippen LogP contribution in [0, 0.1) is 0 Å². The molecule has 0 fully saturated rings. The molecule has 0 aliphatic rings. The van der Waals surface area contributed by atoms with Gasteiger partial charge in [0.15, 0.2) is 0 Å². The third-order valence-corrected chi connectivity index (χ3v) is 16.9. The summed E-state index contributed by atoms with van der Waals surface area (Å²) in [6.45, 7) is 7.03. The first kappa shape index (κ1) is 80.7. The third kappa shape index (κ3) is 64.0. The summed E-state index contributed by atoms with van der Waals surface area (Å²) in [7, 11) is 1.50. The number of amides is 1. The van der Waals surface area contributed by atoms with Gasteiger partial charge in [0.05, 0.1) is 33.8 Å². The van der Waals surface area contributed by atoms with Crippen LogP contribution in [0.3, 0.4) is 0 Å². The predicted octanol–water partition coefficient (Wildman–Crippen LogP) is 22.6. The van der Waals surface area contributed by atoms with Crippen LogP contribution in [0.2, 0.25) is 0 Å². The zero-order chi connectivity index (χ0) is 60.7. The first-order valence-electron chi connectivity index (χ1n) is 35.6. The van der Waals surface area contributed by atoms with Crippen LogP contribution >= 0.6 is 7.82 Å². The number of carbonyl (C=O) groups is 2. The molecular formula is C73H138N2O7P+. The molecule has 10 heteroatoms. The maximum absolute atomic E-state index is 13.6. The van der Waals surface area contributed by atoms with E-state index in [1.807, 2.05) is 33.3 Å². The summed E-state index contributed by atoms with van der Waals surface area (Å²) in [5.41, 5.74) is 0. The quantitative estimate of drug-likeness (QED) is 0.0205. The number of hydrogen-bond donors (Lipinski definition) is 2. The fourth-order valence-electron chi connectivity index (χ4n) is 10.5. The Balaban J connectivity index is 5.06. The van der Waals surface area contributed by atoms with Gasteiger partial charge in [-0.3, -0.25) is 18.6 Å². The number of rotatable bonds is 65. The maximum atomic E-state index is 13.6. The van der Waals surface area contributed by atoms with Crippen molar-refractivity contribution in [2.75, 3.05) is 40.9 Å². The Bertz CT molecular complexity index is 1600. The summed E-state index contributed by atoms with van der Waals surface area (Å²) in [6.07, 6.45) is 80.8. The number of unbranched alkanes of at least 4 members (excludes halogenated alkanes) is 41. The van der Waals surface area contributed by atoms with E-state index in [4.69, 9.17) is 13.8 Å². The van der Waals surface area contributed by atoms with Crippen molar-refractivity contribution in [2.45, 2.75) is 354 Å². The monoisotopic (exact) mass is 1190 g/mol. The molecule has 9 nitrogen and oxygen atoms in total. The van der Waals surface area contributed by atoms with E-state index in [0.717, 1.165) is 77.0 Å². The number of carbonyl (C=O) groups excluding carboxylic acids is 2. The fourth-order valence-corrected chi connectivity index (χ4v) is 11.2. The summed E-state index contributed by atoms with van der Waals surface area (Å²) in [5, 5.41) is 3.07. The molecule has 0 aromatic rings. The lowest BCUT2D eigenvalue weighted by Crippen LogP contribution is -2.47. The van der Waals surface area contributed by atoms with Gasteiger partial charge in [0, 0.05) is 12.8 Å². The van der Waals surface area contributed by atoms with Crippen LogP contribution in [-0.4, -0.2) is 74.3 Å². The first-order chi connectivity index (χ1) is 40.4. The number of ether oxygens (including phenoxy) is 1. The van der Waals surface area contributed by atoms with Crippen LogP contribution in [-0.2, 0) is 27.9 Å². The lowest BCUT2D eigenvalue weighted by atomic mass is 10.0. The summed E-state index contributed by atoms with van der Waals surface area (Å²) in [6, 6.07) is -0.850. The molecule has 83 heavy (non-hydrogen) atoms. The standard InChI is InChI=1S/C73H137N2O7P/c1-7-10-13-16-19-22-25-28-30-32-33-34-35-36-37-38-39-40-41-43-44-47-50-53-56-59-62-65-72(76)74-70(69-81-83(78,79)80-68-67-75(4,5)6)71(64-61-58-55-52-49-46-27-24-21-18-15-12-9-3)82-73(77)66-63-60-57-54-51-48-45-42-31-29-26-23-20-17-14-11-8-2/h19,22,28,30,33-34,36-37,61,64,70-71H,7-18,20-21,23-27,29,31-32,35,38-60,62-63,65-69H2,1-6H3,(H-,74,76,78,79)/p+1/b22-19-,30-28-,34-33-,37-36-,64-61-. The van der Waals surface area contributed by atoms with Gasteiger partial charge in [-0.15, -0.1) is 0 Å². The largest absolute Gasteiger partial charge is 0.472 e. The molecule has 0 rings (SSSR count). The van der Waals surface area contributed by atoms with Crippen molar-refractivity contribution in [1.29, 1.82) is 0 Å². The van der Waals surface area contributed by atoms with Crippen molar-refractivity contribution < 1.29 is 37.3 Å². The number of phosphoric ester groups is 1. The third-order valence-electron chi connectivity index (χ3n) is 16.0. The molecule has 0 aliphatic heterocycles. The molecule has 0 aromatic carbocycles. The van der Waals surface area contributed by atoms with E-state index in [1.165, 1.54) is 231 Å². The van der Waals surface area contributed by atoms with Crippen LogP contribution in [0.1, 0.15) is 342 Å². The number of hydrogen-bond acceptors (Lipinski definition) is 6. The van der Waals surface area contributed by atoms with Gasteiger partial charge < -0.3 is 19.4 Å². The average molecular weight is 1190 g/mol. The molecule has 3 unspecified atom stereocenters. The normalized spacial score (nSPS) is 13.9. The second-order valence-corrected chi connectivity index (χ2v) is 26.9. The molecule has 486 valence electrons. The minimum atomic E-state index is -4.45. The highest BCUT2D eigenvalue weighted by atomic mass is 31.2. The molecule has 2 N–H and O–H groups in total. The molecule has 0 heterocycles. The molecule has 0 aliphatic carbocycles. The second-order valence-electron chi connectivity index (χ2n) is 25.4. The van der Waals surface area contributed by atoms with Gasteiger partial charge in [-0.2, -0.15) is 0 Å². The average Bonchev–Trinajstić information content (AvgIpc) is 3.47. The number of esters is 1. The van der Waals surface area contributed by atoms with E-state index in [0.29, 0.717) is 23.9 Å². The van der Waals surface area contributed by atoms with Gasteiger partial charge >= 0.3 is 13.8 Å². The van der Waals surface area contributed by atoms with E-state index in [1.54, 1.807) is 0 Å². The van der Waals surface area contributed by atoms with Crippen molar-refractivity contribution in [3.63, 3.8) is 0 Å². The molecule has 3 atom stereocenters. The highest BCUT2D eigenvalue weighted by molar-refractivity contribution is 7.47. The van der Waals surface area contributed by atoms with E-state index in [9.17, 15) is 19.0 Å². The maximum Gasteiger partial charge on any atom is 0.472 e. The van der Waals surface area contributed by atoms with E-state index in [-0.39, 0.29) is 25.1 Å². The Hall–Kier alpha value is -2.29. The lowest BCUT2D eigenvalue weighted by molar-refractivity contribution is -0.870. The van der Waals surface area contributed by atoms with Crippen LogP contribution in [0.15, 0.2) is 60.8 Å². The molecule has 0 saturated carbocycles. The number of likely N-dealkylation sites (N-methyl/N-ethyl adjacent to an activating group) is 1. The molecule has 0 spiro atoms. The first-order valence-corrected chi connectivity index (χ1v) is 37.1. The van der Waals surface area contributed by atoms with Gasteiger partial charge in [0.1, 0.15) is 19.3 Å². The molecular weight excluding hydrogens is 1050 g/mol. The van der Waals surface area contributed by atoms with Crippen molar-refractivity contribution >= 4 is 19.7 Å². The van der Waals surface area contributed by atoms with Gasteiger partial charge in [-0.1, -0.05) is 313 Å². The van der Waals surface area contributed by atoms with E-state index >= 15 is 0 Å². The Morgan fingerprint density at radius 2 is 0.735 bits per heavy atom. The van der Waals surface area contributed by atoms with Crippen molar-refractivity contribution in [3.05, 3.63) is 60.8 Å². The second kappa shape index (κ2) is 62.8. The lowest BCUT2D eigenvalue weighted by Gasteiger charge is -2.27. The van der Waals surface area contributed by atoms with Crippen LogP contribution in [0.4, 0.5) is 0 Å². The van der Waals surface area contributed by atoms with Crippen molar-refractivity contribution in [2.24, 2.45) is 0 Å². The Morgan fingerprint density at radius 1 is 0.422 bits per heavy atom. The summed E-state index contributed by atoms with van der Waals surface area (Å²) in [5.74, 6) is -0.493. The van der Waals surface area contributed by atoms with E-state index < -0.39 is 20.0 Å². The molecule has 0 radical (unpaired) electrons. The Labute approximate surface area is 515 Å². The number of phosphoric acid groups is 1. The molecule has 0 saturated heterocycles. The smallest absolute Gasteiger partial charge is 0.456 e. The molecule has 1 amide bonds. The van der Waals surface area contributed by atoms with E-state index in [2.05, 4.69) is 74.7 Å². The van der Waals surface area contributed by atoms with Crippen molar-refractivity contribution in [1.82, 2.24) is 5.32 Å². The minimum Gasteiger partial charge on any atom is -0.456 e. The van der Waals surface area contributed by atoms with Gasteiger partial charge in [-0.25, -0.2) is 4.57 Å². The highest BCUT2D eigenvalue weighted by Gasteiger charge is 2.30. The molecule has 0 bridgehead atoms. The van der Waals surface area contributed by atoms with Crippen LogP contribution in [0.25, 0.3) is 0 Å². The van der Waals surface area contributed by atoms with Gasteiger partial charge in [-0.05, 0) is 76.7 Å². The Kier molecular flexibility index (Phi) is 61.0. The van der Waals surface area contributed by atoms with Crippen LogP contribution in [0.5, 0.6) is 0 Å². The molecule has 0 aromatic heterocycles. The predicted molar refractivity (Wildman–Crippen MR) is 360 cm³/mol. The van der Waals surface area contributed by atoms with Crippen molar-refractivity contribution in [3.8, 4) is 0 Å². The Morgan fingerprint density at radius 3 is 1.12 bits per heavy atom.